The van der Waals surface area contributed by atoms with Crippen molar-refractivity contribution in [3.8, 4) is 6.07 Å². The Kier molecular flexibility index (Phi) is 2.79. The second kappa shape index (κ2) is 3.67. The summed E-state index contributed by atoms with van der Waals surface area (Å²) in [5.74, 6) is 0. The molecule has 1 unspecified atom stereocenters. The summed E-state index contributed by atoms with van der Waals surface area (Å²) in [5, 5.41) is 8.60. The van der Waals surface area contributed by atoms with Crippen LogP contribution in [0.25, 0.3) is 0 Å². The topological polar surface area (TPSA) is 56.2 Å². The van der Waals surface area contributed by atoms with Crippen LogP contribution in [0.15, 0.2) is 15.8 Å². The molecular formula is C8H9ClN3O+. The number of hydrogen-bond acceptors (Lipinski definition) is 3. The van der Waals surface area contributed by atoms with Crippen molar-refractivity contribution in [3.05, 3.63) is 15.8 Å². The smallest absolute Gasteiger partial charge is 0.231 e. The van der Waals surface area contributed by atoms with E-state index in [1.807, 2.05) is 6.92 Å². The number of allylic oxidation sites excluding steroid dienone is 1. The summed E-state index contributed by atoms with van der Waals surface area (Å²) in [4.78, 5) is 15.4. The van der Waals surface area contributed by atoms with Crippen molar-refractivity contribution in [1.29, 1.82) is 5.26 Å². The molecule has 0 aliphatic carbocycles. The fourth-order valence-corrected chi connectivity index (χ4v) is 1.40. The Labute approximate surface area is 81.1 Å². The van der Waals surface area contributed by atoms with Crippen LogP contribution in [0.1, 0.15) is 20.3 Å². The van der Waals surface area contributed by atoms with Crippen LogP contribution in [0.5, 0.6) is 0 Å². The van der Waals surface area contributed by atoms with E-state index in [-0.39, 0.29) is 16.9 Å². The van der Waals surface area contributed by atoms with E-state index in [1.54, 1.807) is 13.0 Å². The molecule has 68 valence electrons. The van der Waals surface area contributed by atoms with Crippen molar-refractivity contribution in [2.45, 2.75) is 26.3 Å². The van der Waals surface area contributed by atoms with Crippen LogP contribution in [0, 0.1) is 16.2 Å². The SMILES string of the molecule is CCC1=NC(Cl)=C(C#N)[N+](=O)C1C. The zero-order valence-corrected chi connectivity index (χ0v) is 8.17. The van der Waals surface area contributed by atoms with E-state index in [4.69, 9.17) is 16.9 Å². The highest BCUT2D eigenvalue weighted by atomic mass is 35.5. The maximum atomic E-state index is 11.4. The van der Waals surface area contributed by atoms with Gasteiger partial charge in [0.2, 0.25) is 11.2 Å². The summed E-state index contributed by atoms with van der Waals surface area (Å²) in [7, 11) is 0. The van der Waals surface area contributed by atoms with Crippen molar-refractivity contribution >= 4 is 17.3 Å². The number of rotatable bonds is 1. The normalized spacial score (nSPS) is 22.8. The summed E-state index contributed by atoms with van der Waals surface area (Å²) in [6, 6.07) is 1.35. The van der Waals surface area contributed by atoms with Crippen LogP contribution >= 0.6 is 11.6 Å². The standard InChI is InChI=1S/C8H9ClN3O/c1-3-6-5(2)12(13)7(4-10)8(9)11-6/h5H,3H2,1-2H3/q+1. The Morgan fingerprint density at radius 3 is 2.85 bits per heavy atom. The van der Waals surface area contributed by atoms with Crippen LogP contribution < -0.4 is 0 Å². The van der Waals surface area contributed by atoms with Crippen molar-refractivity contribution in [2.24, 2.45) is 4.99 Å². The Balaban J connectivity index is 3.19. The highest BCUT2D eigenvalue weighted by Gasteiger charge is 2.36. The van der Waals surface area contributed by atoms with Crippen molar-refractivity contribution in [3.63, 3.8) is 0 Å². The highest BCUT2D eigenvalue weighted by Crippen LogP contribution is 2.20. The minimum absolute atomic E-state index is 0.00699. The molecule has 0 saturated heterocycles. The predicted molar refractivity (Wildman–Crippen MR) is 49.3 cm³/mol. The molecule has 0 aromatic carbocycles. The second-order valence-corrected chi connectivity index (χ2v) is 3.07. The van der Waals surface area contributed by atoms with Gasteiger partial charge in [-0.2, -0.15) is 5.26 Å². The first-order valence-corrected chi connectivity index (χ1v) is 4.33. The first-order valence-electron chi connectivity index (χ1n) is 3.95. The molecule has 0 N–H and O–H groups in total. The van der Waals surface area contributed by atoms with Gasteiger partial charge in [-0.15, -0.1) is 0 Å². The third-order valence-corrected chi connectivity index (χ3v) is 2.22. The molecule has 0 aromatic rings. The molecule has 0 radical (unpaired) electrons. The Morgan fingerprint density at radius 2 is 2.38 bits per heavy atom. The largest absolute Gasteiger partial charge is 0.370 e. The van der Waals surface area contributed by atoms with E-state index in [9.17, 15) is 4.91 Å². The van der Waals surface area contributed by atoms with E-state index >= 15 is 0 Å². The maximum absolute atomic E-state index is 11.4. The molecule has 1 heterocycles. The molecular weight excluding hydrogens is 190 g/mol. The average Bonchev–Trinajstić information content (AvgIpc) is 2.12. The van der Waals surface area contributed by atoms with Gasteiger partial charge in [-0.3, -0.25) is 0 Å². The van der Waals surface area contributed by atoms with Gasteiger partial charge in [0.15, 0.2) is 6.07 Å². The lowest BCUT2D eigenvalue weighted by Gasteiger charge is -2.09. The van der Waals surface area contributed by atoms with Crippen LogP contribution in [-0.4, -0.2) is 16.5 Å². The first kappa shape index (κ1) is 9.87. The summed E-state index contributed by atoms with van der Waals surface area (Å²) >= 11 is 5.64. The fourth-order valence-electron chi connectivity index (χ4n) is 1.16. The van der Waals surface area contributed by atoms with Gasteiger partial charge in [0, 0.05) is 11.8 Å². The van der Waals surface area contributed by atoms with E-state index < -0.39 is 0 Å². The van der Waals surface area contributed by atoms with Gasteiger partial charge in [0.05, 0.1) is 10.5 Å². The van der Waals surface area contributed by atoms with Crippen LogP contribution in [0.2, 0.25) is 0 Å². The minimum Gasteiger partial charge on any atom is -0.231 e. The summed E-state index contributed by atoms with van der Waals surface area (Å²) in [5.41, 5.74) is 0.602. The Hall–Kier alpha value is -1.21. The number of hydrogen-bond donors (Lipinski definition) is 0. The first-order chi connectivity index (χ1) is 6.11. The lowest BCUT2D eigenvalue weighted by Crippen LogP contribution is -2.32. The van der Waals surface area contributed by atoms with Crippen molar-refractivity contribution in [2.75, 3.05) is 0 Å². The van der Waals surface area contributed by atoms with Crippen molar-refractivity contribution < 1.29 is 4.76 Å². The predicted octanol–water partition coefficient (Wildman–Crippen LogP) is 1.95. The fraction of sp³-hybridized carbons (Fsp3) is 0.500. The molecule has 0 saturated carbocycles. The van der Waals surface area contributed by atoms with Gasteiger partial charge in [-0.1, -0.05) is 18.5 Å². The molecule has 1 rings (SSSR count). The van der Waals surface area contributed by atoms with Crippen LogP contribution in [0.4, 0.5) is 0 Å². The molecule has 0 amide bonds. The molecule has 0 fully saturated rings. The van der Waals surface area contributed by atoms with Crippen LogP contribution in [-0.2, 0) is 0 Å². The molecule has 0 aromatic heterocycles. The minimum atomic E-state index is -0.387. The Bertz CT molecular complexity index is 351. The van der Waals surface area contributed by atoms with E-state index in [0.29, 0.717) is 16.9 Å². The highest BCUT2D eigenvalue weighted by molar-refractivity contribution is 6.30. The van der Waals surface area contributed by atoms with E-state index in [2.05, 4.69) is 4.99 Å². The lowest BCUT2D eigenvalue weighted by atomic mass is 10.1. The number of nitrogens with zero attached hydrogens (tertiary/aromatic N) is 3. The molecule has 1 aliphatic heterocycles. The molecule has 0 spiro atoms. The maximum Gasteiger partial charge on any atom is 0.370 e. The van der Waals surface area contributed by atoms with E-state index in [1.165, 1.54) is 0 Å². The van der Waals surface area contributed by atoms with Crippen molar-refractivity contribution in [1.82, 2.24) is 0 Å². The average molecular weight is 199 g/mol. The number of nitroso groups, excluding NO2 is 1. The van der Waals surface area contributed by atoms with Crippen LogP contribution in [0.3, 0.4) is 0 Å². The monoisotopic (exact) mass is 198 g/mol. The number of nitriles is 1. The van der Waals surface area contributed by atoms with Gasteiger partial charge in [-0.25, -0.2) is 4.99 Å². The van der Waals surface area contributed by atoms with Gasteiger partial charge >= 0.3 is 5.70 Å². The summed E-state index contributed by atoms with van der Waals surface area (Å²) in [6.45, 7) is 3.60. The molecule has 5 heteroatoms. The van der Waals surface area contributed by atoms with Gasteiger partial charge in [-0.05, 0) is 6.42 Å². The lowest BCUT2D eigenvalue weighted by molar-refractivity contribution is -0.513. The molecule has 0 bridgehead atoms. The molecule has 13 heavy (non-hydrogen) atoms. The molecule has 4 nitrogen and oxygen atoms in total. The van der Waals surface area contributed by atoms with Gasteiger partial charge < -0.3 is 0 Å². The number of halogens is 1. The van der Waals surface area contributed by atoms with Gasteiger partial charge in [0.1, 0.15) is 0 Å². The van der Waals surface area contributed by atoms with E-state index in [0.717, 1.165) is 0 Å². The Morgan fingerprint density at radius 1 is 1.77 bits per heavy atom. The molecule has 1 aliphatic rings. The summed E-state index contributed by atoms with van der Waals surface area (Å²) in [6.07, 6.45) is 0.662. The second-order valence-electron chi connectivity index (χ2n) is 2.71. The zero-order valence-electron chi connectivity index (χ0n) is 7.41. The zero-order chi connectivity index (χ0) is 10.0. The summed E-state index contributed by atoms with van der Waals surface area (Å²) < 4.78 is 0.605. The quantitative estimate of drug-likeness (QED) is 0.478. The molecule has 1 atom stereocenters. The van der Waals surface area contributed by atoms with Gasteiger partial charge in [0.25, 0.3) is 0 Å². The number of aliphatic imine (C=N–C) groups is 1. The third kappa shape index (κ3) is 1.61. The third-order valence-electron chi connectivity index (χ3n) is 1.96.